The Labute approximate surface area is 182 Å². The first-order valence-corrected chi connectivity index (χ1v) is 12.5. The quantitative estimate of drug-likeness (QED) is 0.618. The lowest BCUT2D eigenvalue weighted by atomic mass is 9.71. The number of amides is 1. The van der Waals surface area contributed by atoms with Gasteiger partial charge in [-0.2, -0.15) is 0 Å². The van der Waals surface area contributed by atoms with E-state index >= 15 is 0 Å². The van der Waals surface area contributed by atoms with Gasteiger partial charge in [-0.3, -0.25) is 4.79 Å². The maximum Gasteiger partial charge on any atom is 0.253 e. The molecule has 156 valence electrons. The molecule has 1 saturated heterocycles. The second-order valence-electron chi connectivity index (χ2n) is 7.84. The standard InChI is InChI=1S/C22H25Cl2NO3S/c1-29(27,28)14-6-12-22(18-9-10-19(23)20(24)15-18)11-5-13-25(16-22)21(26)17-7-3-2-4-8-17/h2-4,7-10,15H,5-6,11-14,16H2,1H3. The first-order valence-electron chi connectivity index (χ1n) is 9.68. The zero-order chi connectivity index (χ0) is 21.1. The Morgan fingerprint density at radius 2 is 1.83 bits per heavy atom. The summed E-state index contributed by atoms with van der Waals surface area (Å²) in [6.45, 7) is 1.21. The third-order valence-corrected chi connectivity index (χ3v) is 7.36. The van der Waals surface area contributed by atoms with Crippen LogP contribution in [0, 0.1) is 0 Å². The van der Waals surface area contributed by atoms with Gasteiger partial charge in [-0.1, -0.05) is 47.5 Å². The molecule has 0 N–H and O–H groups in total. The van der Waals surface area contributed by atoms with Crippen molar-refractivity contribution in [1.29, 1.82) is 0 Å². The highest BCUT2D eigenvalue weighted by atomic mass is 35.5. The molecular formula is C22H25Cl2NO3S. The van der Waals surface area contributed by atoms with E-state index in [4.69, 9.17) is 23.2 Å². The number of benzene rings is 2. The minimum absolute atomic E-state index is 0.00199. The van der Waals surface area contributed by atoms with Gasteiger partial charge in [0.25, 0.3) is 5.91 Å². The number of hydrogen-bond acceptors (Lipinski definition) is 3. The van der Waals surface area contributed by atoms with Crippen LogP contribution in [0.5, 0.6) is 0 Å². The molecule has 3 rings (SSSR count). The lowest BCUT2D eigenvalue weighted by Crippen LogP contribution is -2.48. The smallest absolute Gasteiger partial charge is 0.253 e. The van der Waals surface area contributed by atoms with E-state index in [9.17, 15) is 13.2 Å². The zero-order valence-electron chi connectivity index (χ0n) is 16.4. The van der Waals surface area contributed by atoms with Crippen molar-refractivity contribution in [2.75, 3.05) is 25.1 Å². The van der Waals surface area contributed by atoms with Crippen molar-refractivity contribution in [3.05, 3.63) is 69.7 Å². The van der Waals surface area contributed by atoms with Crippen LogP contribution in [0.1, 0.15) is 41.6 Å². The largest absolute Gasteiger partial charge is 0.338 e. The highest BCUT2D eigenvalue weighted by molar-refractivity contribution is 7.90. The number of sulfone groups is 1. The molecule has 2 aromatic carbocycles. The fourth-order valence-corrected chi connectivity index (χ4v) is 5.12. The fourth-order valence-electron chi connectivity index (χ4n) is 4.15. The molecule has 1 heterocycles. The van der Waals surface area contributed by atoms with Crippen LogP contribution >= 0.6 is 23.2 Å². The molecule has 0 bridgehead atoms. The third-order valence-electron chi connectivity index (χ3n) is 5.59. The van der Waals surface area contributed by atoms with Crippen molar-refractivity contribution in [3.63, 3.8) is 0 Å². The topological polar surface area (TPSA) is 54.5 Å². The molecule has 1 amide bonds. The number of rotatable bonds is 6. The van der Waals surface area contributed by atoms with Crippen LogP contribution in [0.25, 0.3) is 0 Å². The molecule has 7 heteroatoms. The predicted octanol–water partition coefficient (Wildman–Crippen LogP) is 4.99. The normalized spacial score (nSPS) is 19.9. The van der Waals surface area contributed by atoms with Crippen molar-refractivity contribution in [1.82, 2.24) is 4.90 Å². The van der Waals surface area contributed by atoms with Gasteiger partial charge in [-0.15, -0.1) is 0 Å². The van der Waals surface area contributed by atoms with Gasteiger partial charge >= 0.3 is 0 Å². The van der Waals surface area contributed by atoms with Crippen LogP contribution in [0.2, 0.25) is 10.0 Å². The molecule has 29 heavy (non-hydrogen) atoms. The summed E-state index contributed by atoms with van der Waals surface area (Å²) in [5.41, 5.74) is 1.32. The summed E-state index contributed by atoms with van der Waals surface area (Å²) in [6, 6.07) is 14.8. The summed E-state index contributed by atoms with van der Waals surface area (Å²) in [4.78, 5) is 14.9. The second-order valence-corrected chi connectivity index (χ2v) is 10.9. The average Bonchev–Trinajstić information content (AvgIpc) is 2.69. The Kier molecular flexibility index (Phi) is 6.92. The van der Waals surface area contributed by atoms with Crippen molar-refractivity contribution >= 4 is 38.9 Å². The molecule has 0 radical (unpaired) electrons. The van der Waals surface area contributed by atoms with Crippen LogP contribution in [-0.4, -0.2) is 44.3 Å². The van der Waals surface area contributed by atoms with E-state index in [0.717, 1.165) is 18.4 Å². The number of hydrogen-bond donors (Lipinski definition) is 0. The van der Waals surface area contributed by atoms with Gasteiger partial charge in [0.15, 0.2) is 0 Å². The first-order chi connectivity index (χ1) is 13.7. The fraction of sp³-hybridized carbons (Fsp3) is 0.409. The van der Waals surface area contributed by atoms with Crippen LogP contribution in [0.3, 0.4) is 0 Å². The summed E-state index contributed by atoms with van der Waals surface area (Å²) < 4.78 is 23.3. The molecular weight excluding hydrogens is 429 g/mol. The Morgan fingerprint density at radius 3 is 2.48 bits per heavy atom. The third kappa shape index (κ3) is 5.53. The molecule has 1 atom stereocenters. The molecule has 0 aromatic heterocycles. The van der Waals surface area contributed by atoms with Crippen LogP contribution in [0.15, 0.2) is 48.5 Å². The Balaban J connectivity index is 1.91. The van der Waals surface area contributed by atoms with Crippen LogP contribution in [-0.2, 0) is 15.3 Å². The van der Waals surface area contributed by atoms with Crippen molar-refractivity contribution in [2.45, 2.75) is 31.1 Å². The predicted molar refractivity (Wildman–Crippen MR) is 119 cm³/mol. The summed E-state index contributed by atoms with van der Waals surface area (Å²) in [5, 5.41) is 0.952. The van der Waals surface area contributed by atoms with E-state index in [1.54, 1.807) is 6.07 Å². The SMILES string of the molecule is CS(=O)(=O)CCCC1(c2ccc(Cl)c(Cl)c2)CCCN(C(=O)c2ccccc2)C1. The molecule has 1 unspecified atom stereocenters. The number of nitrogens with zero attached hydrogens (tertiary/aromatic N) is 1. The van der Waals surface area contributed by atoms with E-state index in [0.29, 0.717) is 41.5 Å². The number of carbonyl (C=O) groups is 1. The first kappa shape index (κ1) is 22.1. The van der Waals surface area contributed by atoms with Gasteiger partial charge in [0.05, 0.1) is 10.0 Å². The van der Waals surface area contributed by atoms with E-state index in [2.05, 4.69) is 0 Å². The average molecular weight is 454 g/mol. The van der Waals surface area contributed by atoms with Crippen LogP contribution < -0.4 is 0 Å². The number of carbonyl (C=O) groups excluding carboxylic acids is 1. The summed E-state index contributed by atoms with van der Waals surface area (Å²) >= 11 is 12.4. The van der Waals surface area contributed by atoms with Gasteiger partial charge < -0.3 is 4.90 Å². The minimum atomic E-state index is -3.05. The highest BCUT2D eigenvalue weighted by Gasteiger charge is 2.39. The summed E-state index contributed by atoms with van der Waals surface area (Å²) in [7, 11) is -3.05. The molecule has 1 aliphatic rings. The molecule has 4 nitrogen and oxygen atoms in total. The summed E-state index contributed by atoms with van der Waals surface area (Å²) in [5.74, 6) is 0.126. The number of halogens is 2. The molecule has 0 spiro atoms. The second kappa shape index (κ2) is 9.07. The van der Waals surface area contributed by atoms with Crippen molar-refractivity contribution in [2.24, 2.45) is 0 Å². The maximum absolute atomic E-state index is 13.1. The number of piperidine rings is 1. The minimum Gasteiger partial charge on any atom is -0.338 e. The van der Waals surface area contributed by atoms with Gasteiger partial charge in [-0.25, -0.2) is 8.42 Å². The van der Waals surface area contributed by atoms with E-state index in [-0.39, 0.29) is 17.1 Å². The van der Waals surface area contributed by atoms with Crippen LogP contribution in [0.4, 0.5) is 0 Å². The van der Waals surface area contributed by atoms with E-state index < -0.39 is 9.84 Å². The van der Waals surface area contributed by atoms with Gasteiger partial charge in [0, 0.05) is 36.1 Å². The van der Waals surface area contributed by atoms with Gasteiger partial charge in [0.1, 0.15) is 9.84 Å². The van der Waals surface area contributed by atoms with Crippen molar-refractivity contribution < 1.29 is 13.2 Å². The monoisotopic (exact) mass is 453 g/mol. The molecule has 2 aromatic rings. The molecule has 0 aliphatic carbocycles. The Morgan fingerprint density at radius 1 is 1.10 bits per heavy atom. The van der Waals surface area contributed by atoms with E-state index in [1.807, 2.05) is 47.4 Å². The number of likely N-dealkylation sites (tertiary alicyclic amines) is 1. The molecule has 1 fully saturated rings. The molecule has 1 aliphatic heterocycles. The summed E-state index contributed by atoms with van der Waals surface area (Å²) in [6.07, 6.45) is 4.17. The lowest BCUT2D eigenvalue weighted by molar-refractivity contribution is 0.0625. The highest BCUT2D eigenvalue weighted by Crippen LogP contribution is 2.40. The lowest BCUT2D eigenvalue weighted by Gasteiger charge is -2.44. The zero-order valence-corrected chi connectivity index (χ0v) is 18.7. The van der Waals surface area contributed by atoms with Gasteiger partial charge in [-0.05, 0) is 55.5 Å². The Hall–Kier alpha value is -1.56. The molecule has 0 saturated carbocycles. The maximum atomic E-state index is 13.1. The van der Waals surface area contributed by atoms with E-state index in [1.165, 1.54) is 6.26 Å². The van der Waals surface area contributed by atoms with Crippen molar-refractivity contribution in [3.8, 4) is 0 Å². The Bertz CT molecular complexity index is 979. The van der Waals surface area contributed by atoms with Gasteiger partial charge in [0.2, 0.25) is 0 Å².